The van der Waals surface area contributed by atoms with Crippen molar-refractivity contribution < 1.29 is 0 Å². The van der Waals surface area contributed by atoms with Crippen LogP contribution >= 0.6 is 11.3 Å². The molecule has 0 saturated carbocycles. The number of para-hydroxylation sites is 3. The van der Waals surface area contributed by atoms with Crippen molar-refractivity contribution in [3.05, 3.63) is 112 Å². The summed E-state index contributed by atoms with van der Waals surface area (Å²) in [6.07, 6.45) is 4.43. The van der Waals surface area contributed by atoms with Crippen LogP contribution in [0.15, 0.2) is 89.8 Å². The monoisotopic (exact) mass is 403 g/mol. The van der Waals surface area contributed by atoms with Crippen molar-refractivity contribution >= 4 is 39.7 Å². The molecule has 3 nitrogen and oxygen atoms in total. The van der Waals surface area contributed by atoms with Gasteiger partial charge in [0.25, 0.3) is 0 Å². The molecule has 0 aliphatic carbocycles. The maximum atomic E-state index is 5.07. The Bertz CT molecular complexity index is 1460. The Balaban J connectivity index is 1.60. The summed E-state index contributed by atoms with van der Waals surface area (Å²) in [7, 11) is 0. The molecule has 1 atom stereocenters. The first-order chi connectivity index (χ1) is 14.9. The van der Waals surface area contributed by atoms with E-state index in [4.69, 9.17) is 4.98 Å². The van der Waals surface area contributed by atoms with Crippen LogP contribution < -0.4 is 4.90 Å². The molecule has 0 saturated heterocycles. The minimum absolute atomic E-state index is 0.0851. The van der Waals surface area contributed by atoms with Gasteiger partial charge in [-0.2, -0.15) is 11.3 Å². The first-order valence-corrected chi connectivity index (χ1v) is 11.0. The van der Waals surface area contributed by atoms with Gasteiger partial charge in [-0.25, -0.2) is 4.98 Å². The fourth-order valence-electron chi connectivity index (χ4n) is 4.86. The third-order valence-electron chi connectivity index (χ3n) is 6.15. The van der Waals surface area contributed by atoms with Crippen LogP contribution in [-0.2, 0) is 0 Å². The summed E-state index contributed by atoms with van der Waals surface area (Å²) in [5.74, 6) is 0. The van der Waals surface area contributed by atoms with Gasteiger partial charge in [-0.15, -0.1) is 0 Å². The molecule has 5 aromatic rings. The number of aromatic nitrogens is 2. The zero-order chi connectivity index (χ0) is 19.7. The van der Waals surface area contributed by atoms with Crippen molar-refractivity contribution in [2.45, 2.75) is 6.04 Å². The molecule has 0 fully saturated rings. The second kappa shape index (κ2) is 5.94. The molecule has 2 aliphatic heterocycles. The lowest BCUT2D eigenvalue weighted by Crippen LogP contribution is -2.36. The molecule has 0 N–H and O–H groups in total. The summed E-state index contributed by atoms with van der Waals surface area (Å²) in [6, 6.07) is 26.1. The van der Waals surface area contributed by atoms with E-state index >= 15 is 0 Å². The molecule has 3 aromatic heterocycles. The molecule has 0 radical (unpaired) electrons. The average Bonchev–Trinajstić information content (AvgIpc) is 3.49. The molecule has 1 unspecified atom stereocenters. The molecule has 30 heavy (non-hydrogen) atoms. The highest BCUT2D eigenvalue weighted by atomic mass is 32.1. The molecule has 2 aliphatic rings. The molecule has 142 valence electrons. The first-order valence-electron chi connectivity index (χ1n) is 10.1. The third-order valence-corrected chi connectivity index (χ3v) is 6.83. The van der Waals surface area contributed by atoms with Gasteiger partial charge < -0.3 is 9.47 Å². The van der Waals surface area contributed by atoms with Crippen molar-refractivity contribution in [2.24, 2.45) is 0 Å². The first kappa shape index (κ1) is 16.2. The van der Waals surface area contributed by atoms with Crippen LogP contribution in [0.2, 0.25) is 0 Å². The Morgan fingerprint density at radius 3 is 2.63 bits per heavy atom. The molecule has 0 spiro atoms. The normalized spacial score (nSPS) is 16.5. The second-order valence-electron chi connectivity index (χ2n) is 7.76. The van der Waals surface area contributed by atoms with Gasteiger partial charge in [-0.1, -0.05) is 30.3 Å². The molecule has 7 rings (SSSR count). The number of rotatable bonds is 1. The summed E-state index contributed by atoms with van der Waals surface area (Å²) in [4.78, 5) is 7.56. The highest BCUT2D eigenvalue weighted by Crippen LogP contribution is 2.50. The Hall–Kier alpha value is -3.63. The van der Waals surface area contributed by atoms with Crippen molar-refractivity contribution in [1.82, 2.24) is 9.55 Å². The second-order valence-corrected chi connectivity index (χ2v) is 8.54. The summed E-state index contributed by atoms with van der Waals surface area (Å²) in [6.45, 7) is 0. The Morgan fingerprint density at radius 2 is 1.73 bits per heavy atom. The molecular weight excluding hydrogens is 386 g/mol. The van der Waals surface area contributed by atoms with Gasteiger partial charge in [0, 0.05) is 28.1 Å². The summed E-state index contributed by atoms with van der Waals surface area (Å²) < 4.78 is 2.33. The number of pyridine rings is 1. The minimum atomic E-state index is 0.0851. The van der Waals surface area contributed by atoms with Crippen LogP contribution in [0.1, 0.15) is 28.6 Å². The van der Waals surface area contributed by atoms with E-state index < -0.39 is 0 Å². The molecule has 2 aromatic carbocycles. The largest absolute Gasteiger partial charge is 0.326 e. The Kier molecular flexibility index (Phi) is 3.21. The lowest BCUT2D eigenvalue weighted by molar-refractivity contribution is 0.725. The highest BCUT2D eigenvalue weighted by molar-refractivity contribution is 7.08. The minimum Gasteiger partial charge on any atom is -0.326 e. The SMILES string of the molecule is C1=C(c2ccsc2)N2c3ccccc3-n3cccc3C2c2cc3ccccc3nc21. The third kappa shape index (κ3) is 2.11. The number of nitrogens with zero attached hydrogens (tertiary/aromatic N) is 3. The van der Waals surface area contributed by atoms with Crippen molar-refractivity contribution in [3.63, 3.8) is 0 Å². The molecular formula is C26H17N3S. The maximum Gasteiger partial charge on any atom is 0.102 e. The number of benzene rings is 2. The number of fused-ring (bicyclic) bond motifs is 9. The topological polar surface area (TPSA) is 21.1 Å². The fourth-order valence-corrected chi connectivity index (χ4v) is 5.51. The van der Waals surface area contributed by atoms with Gasteiger partial charge in [0.2, 0.25) is 0 Å². The quantitative estimate of drug-likeness (QED) is 0.318. The van der Waals surface area contributed by atoms with Crippen molar-refractivity contribution in [2.75, 3.05) is 4.90 Å². The van der Waals surface area contributed by atoms with Crippen LogP contribution in [0.4, 0.5) is 5.69 Å². The van der Waals surface area contributed by atoms with Crippen LogP contribution in [-0.4, -0.2) is 9.55 Å². The fraction of sp³-hybridized carbons (Fsp3) is 0.0385. The van der Waals surface area contributed by atoms with Gasteiger partial charge >= 0.3 is 0 Å². The Labute approximate surface area is 178 Å². The zero-order valence-electron chi connectivity index (χ0n) is 16.1. The van der Waals surface area contributed by atoms with E-state index in [2.05, 4.69) is 105 Å². The lowest BCUT2D eigenvalue weighted by Gasteiger charge is -2.43. The van der Waals surface area contributed by atoms with Crippen LogP contribution in [0.3, 0.4) is 0 Å². The van der Waals surface area contributed by atoms with E-state index in [0.717, 1.165) is 11.2 Å². The van der Waals surface area contributed by atoms with Gasteiger partial charge in [-0.05, 0) is 53.9 Å². The molecule has 4 heteroatoms. The summed E-state index contributed by atoms with van der Waals surface area (Å²) >= 11 is 1.73. The van der Waals surface area contributed by atoms with Gasteiger partial charge in [-0.3, -0.25) is 0 Å². The smallest absolute Gasteiger partial charge is 0.102 e. The highest BCUT2D eigenvalue weighted by Gasteiger charge is 2.38. The summed E-state index contributed by atoms with van der Waals surface area (Å²) in [5, 5.41) is 5.55. The van der Waals surface area contributed by atoms with Crippen LogP contribution in [0.5, 0.6) is 0 Å². The van der Waals surface area contributed by atoms with E-state index in [0.29, 0.717) is 0 Å². The zero-order valence-corrected chi connectivity index (χ0v) is 16.9. The number of hydrogen-bond donors (Lipinski definition) is 0. The van der Waals surface area contributed by atoms with E-state index in [1.807, 2.05) is 0 Å². The number of thiophene rings is 1. The van der Waals surface area contributed by atoms with Gasteiger partial charge in [0.05, 0.1) is 34.0 Å². The predicted octanol–water partition coefficient (Wildman–Crippen LogP) is 6.51. The van der Waals surface area contributed by atoms with Crippen molar-refractivity contribution in [1.29, 1.82) is 0 Å². The maximum absolute atomic E-state index is 5.07. The van der Waals surface area contributed by atoms with E-state index in [1.54, 1.807) is 11.3 Å². The van der Waals surface area contributed by atoms with Crippen molar-refractivity contribution in [3.8, 4) is 5.69 Å². The molecule has 0 amide bonds. The summed E-state index contributed by atoms with van der Waals surface area (Å²) in [5.41, 5.74) is 9.50. The number of anilines is 1. The standard InChI is InChI=1S/C26H17N3S/c1-2-7-20-17(6-1)14-19-21(27-20)15-25(18-11-13-30-16-18)29-23-9-4-3-8-22(23)28-12-5-10-24(28)26(19)29/h1-16,26H. The average molecular weight is 404 g/mol. The van der Waals surface area contributed by atoms with Crippen LogP contribution in [0.25, 0.3) is 28.4 Å². The lowest BCUT2D eigenvalue weighted by atomic mass is 9.90. The predicted molar refractivity (Wildman–Crippen MR) is 124 cm³/mol. The Morgan fingerprint density at radius 1 is 0.867 bits per heavy atom. The van der Waals surface area contributed by atoms with E-state index in [1.165, 1.54) is 39.3 Å². The number of hydrogen-bond acceptors (Lipinski definition) is 3. The van der Waals surface area contributed by atoms with Gasteiger partial charge in [0.1, 0.15) is 6.04 Å². The van der Waals surface area contributed by atoms with Gasteiger partial charge in [0.15, 0.2) is 0 Å². The molecule has 5 heterocycles. The van der Waals surface area contributed by atoms with Crippen LogP contribution in [0, 0.1) is 0 Å². The molecule has 0 bridgehead atoms. The van der Waals surface area contributed by atoms with E-state index in [9.17, 15) is 0 Å². The van der Waals surface area contributed by atoms with E-state index in [-0.39, 0.29) is 6.04 Å².